The monoisotopic (exact) mass is 369 g/mol. The van der Waals surface area contributed by atoms with E-state index in [-0.39, 0.29) is 11.7 Å². The standard InChI is InChI=1S/C17H20ClNO2S2/c1-17(2,3)14(20)10-16-19(15(21)11-23-16)8-9-22-13-6-4-12(18)5-7-13/h4-7,10H,8-9,11H2,1-3H3/b16-10-. The predicted molar refractivity (Wildman–Crippen MR) is 98.9 cm³/mol. The number of allylic oxidation sites excluding steroid dienone is 1. The SMILES string of the molecule is CC(C)(C)C(=O)/C=C1\SCC(=O)N1CCSc1ccc(Cl)cc1. The average molecular weight is 370 g/mol. The number of carbonyl (C=O) groups is 2. The third-order valence-electron chi connectivity index (χ3n) is 3.30. The van der Waals surface area contributed by atoms with Crippen LogP contribution in [0.2, 0.25) is 5.02 Å². The van der Waals surface area contributed by atoms with Gasteiger partial charge in [-0.1, -0.05) is 44.1 Å². The Labute approximate surface area is 150 Å². The van der Waals surface area contributed by atoms with Gasteiger partial charge < -0.3 is 4.90 Å². The molecule has 1 saturated heterocycles. The van der Waals surface area contributed by atoms with E-state index in [9.17, 15) is 9.59 Å². The number of halogens is 1. The number of ketones is 1. The van der Waals surface area contributed by atoms with Crippen LogP contribution >= 0.6 is 35.1 Å². The second kappa shape index (κ2) is 7.77. The molecule has 0 bridgehead atoms. The summed E-state index contributed by atoms with van der Waals surface area (Å²) in [5.74, 6) is 1.30. The number of hydrogen-bond donors (Lipinski definition) is 0. The third kappa shape index (κ3) is 5.30. The highest BCUT2D eigenvalue weighted by Crippen LogP contribution is 2.31. The van der Waals surface area contributed by atoms with Gasteiger partial charge in [-0.05, 0) is 24.3 Å². The fourth-order valence-electron chi connectivity index (χ4n) is 1.88. The molecule has 124 valence electrons. The fraction of sp³-hybridized carbons (Fsp3) is 0.412. The molecular formula is C17H20ClNO2S2. The Morgan fingerprint density at radius 1 is 1.35 bits per heavy atom. The number of carbonyl (C=O) groups excluding carboxylic acids is 2. The van der Waals surface area contributed by atoms with Crippen molar-refractivity contribution in [1.82, 2.24) is 4.90 Å². The van der Waals surface area contributed by atoms with Gasteiger partial charge in [-0.2, -0.15) is 0 Å². The number of benzene rings is 1. The summed E-state index contributed by atoms with van der Waals surface area (Å²) in [4.78, 5) is 27.0. The van der Waals surface area contributed by atoms with Crippen molar-refractivity contribution in [3.8, 4) is 0 Å². The second-order valence-corrected chi connectivity index (χ2v) is 8.83. The minimum Gasteiger partial charge on any atom is -0.305 e. The highest BCUT2D eigenvalue weighted by molar-refractivity contribution is 8.04. The van der Waals surface area contributed by atoms with Crippen molar-refractivity contribution >= 4 is 46.8 Å². The molecule has 0 radical (unpaired) electrons. The van der Waals surface area contributed by atoms with Gasteiger partial charge in [0, 0.05) is 33.7 Å². The molecule has 0 N–H and O–H groups in total. The first-order chi connectivity index (χ1) is 10.8. The van der Waals surface area contributed by atoms with E-state index in [2.05, 4.69) is 0 Å². The normalized spacial score (nSPS) is 17.1. The molecule has 1 amide bonds. The summed E-state index contributed by atoms with van der Waals surface area (Å²) in [5, 5.41) is 1.48. The molecule has 1 heterocycles. The minimum atomic E-state index is -0.428. The minimum absolute atomic E-state index is 0.0463. The summed E-state index contributed by atoms with van der Waals surface area (Å²) >= 11 is 8.98. The molecule has 3 nitrogen and oxygen atoms in total. The maximum atomic E-state index is 12.2. The van der Waals surface area contributed by atoms with Crippen LogP contribution in [0.25, 0.3) is 0 Å². The molecule has 0 spiro atoms. The number of rotatable bonds is 5. The van der Waals surface area contributed by atoms with Crippen molar-refractivity contribution in [3.63, 3.8) is 0 Å². The van der Waals surface area contributed by atoms with Crippen LogP contribution in [-0.4, -0.2) is 34.6 Å². The zero-order valence-electron chi connectivity index (χ0n) is 13.5. The molecule has 1 aromatic carbocycles. The number of nitrogens with zero attached hydrogens (tertiary/aromatic N) is 1. The van der Waals surface area contributed by atoms with Crippen molar-refractivity contribution in [2.75, 3.05) is 18.1 Å². The van der Waals surface area contributed by atoms with E-state index in [0.29, 0.717) is 17.3 Å². The van der Waals surface area contributed by atoms with Crippen LogP contribution in [0.15, 0.2) is 40.3 Å². The first-order valence-electron chi connectivity index (χ1n) is 7.35. The van der Waals surface area contributed by atoms with Gasteiger partial charge in [0.25, 0.3) is 0 Å². The zero-order chi connectivity index (χ0) is 17.0. The summed E-state index contributed by atoms with van der Waals surface area (Å²) in [5.41, 5.74) is -0.428. The van der Waals surface area contributed by atoms with E-state index in [0.717, 1.165) is 15.7 Å². The summed E-state index contributed by atoms with van der Waals surface area (Å²) in [6.07, 6.45) is 1.61. The molecule has 0 saturated carbocycles. The molecule has 1 aliphatic heterocycles. The van der Waals surface area contributed by atoms with Crippen LogP contribution in [0.5, 0.6) is 0 Å². The lowest BCUT2D eigenvalue weighted by Crippen LogP contribution is -2.28. The first-order valence-corrected chi connectivity index (χ1v) is 9.70. The van der Waals surface area contributed by atoms with Crippen molar-refractivity contribution < 1.29 is 9.59 Å². The highest BCUT2D eigenvalue weighted by Gasteiger charge is 2.29. The smallest absolute Gasteiger partial charge is 0.237 e. The number of amides is 1. The van der Waals surface area contributed by atoms with E-state index in [4.69, 9.17) is 11.6 Å². The van der Waals surface area contributed by atoms with Crippen LogP contribution in [-0.2, 0) is 9.59 Å². The molecule has 1 aromatic rings. The topological polar surface area (TPSA) is 37.4 Å². The molecule has 2 rings (SSSR count). The Morgan fingerprint density at radius 2 is 2.00 bits per heavy atom. The lowest BCUT2D eigenvalue weighted by atomic mass is 9.91. The zero-order valence-corrected chi connectivity index (χ0v) is 15.9. The third-order valence-corrected chi connectivity index (χ3v) is 5.57. The van der Waals surface area contributed by atoms with Gasteiger partial charge in [0.05, 0.1) is 10.8 Å². The van der Waals surface area contributed by atoms with Crippen LogP contribution in [0, 0.1) is 5.41 Å². The molecule has 0 atom stereocenters. The first kappa shape index (κ1) is 18.4. The maximum absolute atomic E-state index is 12.2. The van der Waals surface area contributed by atoms with Gasteiger partial charge in [-0.25, -0.2) is 0 Å². The molecule has 1 fully saturated rings. The van der Waals surface area contributed by atoms with Gasteiger partial charge in [-0.3, -0.25) is 9.59 Å². The van der Waals surface area contributed by atoms with Crippen LogP contribution < -0.4 is 0 Å². The summed E-state index contributed by atoms with van der Waals surface area (Å²) < 4.78 is 0. The van der Waals surface area contributed by atoms with Crippen molar-refractivity contribution in [2.45, 2.75) is 25.7 Å². The van der Waals surface area contributed by atoms with Crippen LogP contribution in [0.1, 0.15) is 20.8 Å². The molecule has 23 heavy (non-hydrogen) atoms. The molecule has 6 heteroatoms. The number of thioether (sulfide) groups is 2. The second-order valence-electron chi connectivity index (χ2n) is 6.23. The summed E-state index contributed by atoms with van der Waals surface area (Å²) in [6, 6.07) is 7.64. The van der Waals surface area contributed by atoms with Gasteiger partial charge in [0.2, 0.25) is 5.91 Å². The quantitative estimate of drug-likeness (QED) is 0.567. The van der Waals surface area contributed by atoms with E-state index >= 15 is 0 Å². The number of hydrogen-bond acceptors (Lipinski definition) is 4. The van der Waals surface area contributed by atoms with E-state index < -0.39 is 5.41 Å². The Morgan fingerprint density at radius 3 is 2.61 bits per heavy atom. The summed E-state index contributed by atoms with van der Waals surface area (Å²) in [6.45, 7) is 6.25. The van der Waals surface area contributed by atoms with E-state index in [1.165, 1.54) is 11.8 Å². The summed E-state index contributed by atoms with van der Waals surface area (Å²) in [7, 11) is 0. The van der Waals surface area contributed by atoms with Gasteiger partial charge in [-0.15, -0.1) is 11.8 Å². The Bertz CT molecular complexity index is 620. The van der Waals surface area contributed by atoms with Crippen molar-refractivity contribution in [1.29, 1.82) is 0 Å². The van der Waals surface area contributed by atoms with Gasteiger partial charge in [0.15, 0.2) is 5.78 Å². The molecule has 0 unspecified atom stereocenters. The van der Waals surface area contributed by atoms with E-state index in [1.54, 1.807) is 22.7 Å². The largest absolute Gasteiger partial charge is 0.305 e. The van der Waals surface area contributed by atoms with Crippen LogP contribution in [0.3, 0.4) is 0 Å². The predicted octanol–water partition coefficient (Wildman–Crippen LogP) is 4.46. The highest BCUT2D eigenvalue weighted by atomic mass is 35.5. The van der Waals surface area contributed by atoms with Crippen molar-refractivity contribution in [3.05, 3.63) is 40.4 Å². The van der Waals surface area contributed by atoms with Gasteiger partial charge >= 0.3 is 0 Å². The van der Waals surface area contributed by atoms with Crippen LogP contribution in [0.4, 0.5) is 0 Å². The Balaban J connectivity index is 1.96. The van der Waals surface area contributed by atoms with E-state index in [1.807, 2.05) is 45.0 Å². The molecule has 1 aliphatic rings. The maximum Gasteiger partial charge on any atom is 0.237 e. The lowest BCUT2D eigenvalue weighted by Gasteiger charge is -2.19. The Hall–Kier alpha value is -0.910. The molecule has 0 aliphatic carbocycles. The Kier molecular flexibility index (Phi) is 6.23. The van der Waals surface area contributed by atoms with Gasteiger partial charge in [0.1, 0.15) is 0 Å². The fourth-order valence-corrected chi connectivity index (χ4v) is 3.81. The average Bonchev–Trinajstić information content (AvgIpc) is 2.81. The van der Waals surface area contributed by atoms with Crippen molar-refractivity contribution in [2.24, 2.45) is 5.41 Å². The molecular weight excluding hydrogens is 350 g/mol. The lowest BCUT2D eigenvalue weighted by molar-refractivity contribution is -0.125. The molecule has 0 aromatic heterocycles.